The average Bonchev–Trinajstić information content (AvgIpc) is 3.26. The zero-order chi connectivity index (χ0) is 28.7. The Labute approximate surface area is 228 Å². The quantitative estimate of drug-likeness (QED) is 0.350. The highest BCUT2D eigenvalue weighted by Crippen LogP contribution is 2.54. The highest BCUT2D eigenvalue weighted by Gasteiger charge is 2.63. The third kappa shape index (κ3) is 3.60. The Bertz CT molecular complexity index is 1520. The molecule has 0 radical (unpaired) electrons. The summed E-state index contributed by atoms with van der Waals surface area (Å²) in [5, 5.41) is 45.4. The minimum absolute atomic E-state index is 0.00886. The minimum atomic E-state index is -2.70. The van der Waals surface area contributed by atoms with Crippen LogP contribution in [-0.4, -0.2) is 82.6 Å². The van der Waals surface area contributed by atoms with Crippen LogP contribution in [0.3, 0.4) is 0 Å². The molecule has 0 saturated heterocycles. The molecule has 12 heteroatoms. The number of benzene rings is 1. The molecule has 0 saturated carbocycles. The van der Waals surface area contributed by atoms with Crippen molar-refractivity contribution < 1.29 is 39.2 Å². The van der Waals surface area contributed by atoms with Gasteiger partial charge in [0.1, 0.15) is 28.6 Å². The number of amides is 1. The van der Waals surface area contributed by atoms with Crippen molar-refractivity contribution in [1.82, 2.24) is 4.90 Å². The first-order valence-corrected chi connectivity index (χ1v) is 12.6. The van der Waals surface area contributed by atoms with Gasteiger partial charge in [-0.15, -0.1) is 0 Å². The number of aliphatic hydroxyl groups excluding tert-OH is 2. The highest BCUT2D eigenvalue weighted by atomic mass is 35.5. The molecule has 0 fully saturated rings. The van der Waals surface area contributed by atoms with Crippen LogP contribution in [0, 0.1) is 11.8 Å². The molecule has 1 heterocycles. The molecule has 4 atom stereocenters. The van der Waals surface area contributed by atoms with E-state index in [0.717, 1.165) is 0 Å². The second kappa shape index (κ2) is 8.87. The molecule has 1 aromatic carbocycles. The first kappa shape index (κ1) is 26.8. The van der Waals surface area contributed by atoms with Crippen LogP contribution in [-0.2, 0) is 16.0 Å². The third-order valence-electron chi connectivity index (χ3n) is 8.02. The number of nitrogens with zero attached hydrogens (tertiary/aromatic N) is 2. The predicted molar refractivity (Wildman–Crippen MR) is 141 cm³/mol. The number of hydrogen-bond acceptors (Lipinski definition) is 10. The first-order valence-electron chi connectivity index (χ1n) is 12.2. The van der Waals surface area contributed by atoms with Gasteiger partial charge in [-0.2, -0.15) is 0 Å². The summed E-state index contributed by atoms with van der Waals surface area (Å²) < 4.78 is 5.47. The van der Waals surface area contributed by atoms with Gasteiger partial charge in [-0.3, -0.25) is 19.3 Å². The van der Waals surface area contributed by atoms with Gasteiger partial charge in [0.25, 0.3) is 5.91 Å². The number of nitrogens with two attached hydrogens (primary N) is 1. The number of aliphatic hydroxyl groups is 3. The largest absolute Gasteiger partial charge is 0.510 e. The molecule has 0 unspecified atom stereocenters. The molecule has 39 heavy (non-hydrogen) atoms. The lowest BCUT2D eigenvalue weighted by atomic mass is 9.58. The van der Waals surface area contributed by atoms with Gasteiger partial charge in [-0.25, -0.2) is 0 Å². The van der Waals surface area contributed by atoms with Crippen LogP contribution in [0.2, 0.25) is 5.22 Å². The molecule has 2 aromatic rings. The van der Waals surface area contributed by atoms with Gasteiger partial charge in [-0.05, 0) is 68.2 Å². The highest BCUT2D eigenvalue weighted by molar-refractivity contribution is 6.29. The fourth-order valence-electron chi connectivity index (χ4n) is 6.34. The molecule has 1 aromatic heterocycles. The number of carbonyl (C=O) groups excluding carboxylic acids is 3. The molecule has 11 nitrogen and oxygen atoms in total. The van der Waals surface area contributed by atoms with E-state index < -0.39 is 63.8 Å². The number of carbonyl (C=O) groups is 3. The lowest BCUT2D eigenvalue weighted by Crippen LogP contribution is -2.63. The van der Waals surface area contributed by atoms with Crippen LogP contribution >= 0.6 is 11.6 Å². The molecular weight excluding hydrogens is 530 g/mol. The molecule has 0 spiro atoms. The van der Waals surface area contributed by atoms with E-state index in [1.807, 2.05) is 0 Å². The zero-order valence-corrected chi connectivity index (χ0v) is 22.4. The van der Waals surface area contributed by atoms with Gasteiger partial charge in [0.05, 0.1) is 17.2 Å². The molecule has 3 aliphatic carbocycles. The normalized spacial score (nSPS) is 26.5. The zero-order valence-electron chi connectivity index (χ0n) is 21.6. The average molecular weight is 558 g/mol. The number of phenols is 1. The van der Waals surface area contributed by atoms with Gasteiger partial charge >= 0.3 is 0 Å². The third-order valence-corrected chi connectivity index (χ3v) is 8.22. The summed E-state index contributed by atoms with van der Waals surface area (Å²) >= 11 is 5.94. The number of anilines is 1. The Morgan fingerprint density at radius 1 is 1.15 bits per heavy atom. The Morgan fingerprint density at radius 2 is 1.82 bits per heavy atom. The molecule has 0 bridgehead atoms. The van der Waals surface area contributed by atoms with E-state index in [9.17, 15) is 34.8 Å². The molecular formula is C27H28ClN3O8. The number of likely N-dealkylation sites (N-methyl/N-ethyl adjacent to an activating group) is 1. The SMILES string of the molecule is CN(C)c1cc(-c2ccc(Cl)o2)c(O)c2c1C[C@H]1C[C@@H]3[C@H](N(C)C)C(O)=C(C(N)=O)C(=O)[C@@]3(O)C(O)=C1C2=O. The van der Waals surface area contributed by atoms with E-state index in [2.05, 4.69) is 0 Å². The molecule has 6 N–H and O–H groups in total. The number of Topliss-reactive ketones (excluding diaryl/α,β-unsaturated/α-hetero) is 2. The predicted octanol–water partition coefficient (Wildman–Crippen LogP) is 2.10. The van der Waals surface area contributed by atoms with Crippen LogP contribution < -0.4 is 10.6 Å². The summed E-state index contributed by atoms with van der Waals surface area (Å²) in [5.41, 5.74) is 2.80. The summed E-state index contributed by atoms with van der Waals surface area (Å²) in [4.78, 5) is 42.9. The van der Waals surface area contributed by atoms with Gasteiger partial charge in [0.15, 0.2) is 16.6 Å². The Kier molecular flexibility index (Phi) is 6.09. The van der Waals surface area contributed by atoms with Crippen molar-refractivity contribution in [2.45, 2.75) is 24.5 Å². The van der Waals surface area contributed by atoms with Gasteiger partial charge in [-0.1, -0.05) is 0 Å². The molecule has 1 amide bonds. The topological polar surface area (TPSA) is 178 Å². The number of rotatable bonds is 4. The van der Waals surface area contributed by atoms with Crippen LogP contribution in [0.1, 0.15) is 22.3 Å². The molecule has 3 aliphatic rings. The Balaban J connectivity index is 1.76. The van der Waals surface area contributed by atoms with Gasteiger partial charge in [0.2, 0.25) is 5.78 Å². The number of hydrogen-bond donors (Lipinski definition) is 5. The van der Waals surface area contributed by atoms with Crippen LogP contribution in [0.4, 0.5) is 5.69 Å². The number of ketones is 2. The monoisotopic (exact) mass is 557 g/mol. The lowest BCUT2D eigenvalue weighted by molar-refractivity contribution is -0.148. The van der Waals surface area contributed by atoms with Crippen molar-refractivity contribution >= 4 is 34.8 Å². The number of phenolic OH excluding ortho intramolecular Hbond substituents is 1. The number of primary amides is 1. The van der Waals surface area contributed by atoms with Crippen molar-refractivity contribution in [3.05, 3.63) is 57.2 Å². The van der Waals surface area contributed by atoms with E-state index in [0.29, 0.717) is 11.3 Å². The molecule has 0 aliphatic heterocycles. The van der Waals surface area contributed by atoms with Gasteiger partial charge in [0, 0.05) is 31.3 Å². The van der Waals surface area contributed by atoms with E-state index in [-0.39, 0.29) is 40.5 Å². The number of halogens is 1. The van der Waals surface area contributed by atoms with E-state index in [1.165, 1.54) is 17.0 Å². The van der Waals surface area contributed by atoms with Crippen LogP contribution in [0.5, 0.6) is 5.75 Å². The number of allylic oxidation sites excluding steroid dienone is 1. The van der Waals surface area contributed by atoms with Crippen LogP contribution in [0.15, 0.2) is 45.3 Å². The summed E-state index contributed by atoms with van der Waals surface area (Å²) in [7, 11) is 6.71. The van der Waals surface area contributed by atoms with E-state index in [4.69, 9.17) is 21.8 Å². The maximum atomic E-state index is 14.0. The van der Waals surface area contributed by atoms with Crippen molar-refractivity contribution in [3.63, 3.8) is 0 Å². The maximum Gasteiger partial charge on any atom is 0.255 e. The summed E-state index contributed by atoms with van der Waals surface area (Å²) in [5.74, 6) is -6.82. The Hall–Kier alpha value is -3.80. The van der Waals surface area contributed by atoms with Crippen molar-refractivity contribution in [1.29, 1.82) is 0 Å². The second-order valence-corrected chi connectivity index (χ2v) is 11.0. The van der Waals surface area contributed by atoms with Crippen molar-refractivity contribution in [3.8, 4) is 17.1 Å². The summed E-state index contributed by atoms with van der Waals surface area (Å²) in [6.07, 6.45) is 0.184. The number of aromatic hydroxyl groups is 1. The smallest absolute Gasteiger partial charge is 0.255 e. The molecule has 206 valence electrons. The van der Waals surface area contributed by atoms with Gasteiger partial charge < -0.3 is 35.5 Å². The van der Waals surface area contributed by atoms with E-state index >= 15 is 0 Å². The fraction of sp³-hybridized carbons (Fsp3) is 0.370. The Morgan fingerprint density at radius 3 is 2.36 bits per heavy atom. The van der Waals surface area contributed by atoms with E-state index in [1.54, 1.807) is 39.2 Å². The maximum absolute atomic E-state index is 14.0. The minimum Gasteiger partial charge on any atom is -0.510 e. The fourth-order valence-corrected chi connectivity index (χ4v) is 6.49. The number of furan rings is 1. The molecule has 5 rings (SSSR count). The van der Waals surface area contributed by atoms with Crippen molar-refractivity contribution in [2.75, 3.05) is 33.1 Å². The lowest BCUT2D eigenvalue weighted by Gasteiger charge is -2.50. The second-order valence-electron chi connectivity index (χ2n) is 10.6. The summed E-state index contributed by atoms with van der Waals surface area (Å²) in [6, 6.07) is 3.65. The standard InChI is InChI=1S/C27H28ClN3O8/c1-30(2)14-9-12(15-5-6-16(28)39-15)21(32)18-11(14)7-10-8-13-20(31(3)4)23(34)19(26(29)37)25(36)27(13,38)24(35)17(10)22(18)33/h5-6,9-10,13,20,32,34-35,38H,7-8H2,1-4H3,(H2,29,37)/t10-,13+,20-,27-/m0/s1. The number of fused-ring (bicyclic) bond motifs is 3. The summed E-state index contributed by atoms with van der Waals surface area (Å²) in [6.45, 7) is 0. The first-order chi connectivity index (χ1) is 18.2. The van der Waals surface area contributed by atoms with Crippen LogP contribution in [0.25, 0.3) is 11.3 Å². The van der Waals surface area contributed by atoms with Crippen molar-refractivity contribution in [2.24, 2.45) is 17.6 Å².